The molecular weight excluding hydrogens is 298 g/mol. The Morgan fingerprint density at radius 3 is 2.64 bits per heavy atom. The third kappa shape index (κ3) is 1.87. The normalized spacial score (nSPS) is 15.6. The van der Waals surface area contributed by atoms with E-state index in [2.05, 4.69) is 16.0 Å². The maximum absolute atomic E-state index is 11.4. The fourth-order valence-electron chi connectivity index (χ4n) is 2.97. The molecule has 0 saturated heterocycles. The van der Waals surface area contributed by atoms with Crippen molar-refractivity contribution < 1.29 is 0 Å². The Morgan fingerprint density at radius 1 is 1.14 bits per heavy atom. The van der Waals surface area contributed by atoms with Gasteiger partial charge < -0.3 is 9.97 Å². The molecule has 1 heterocycles. The highest BCUT2D eigenvalue weighted by Gasteiger charge is 2.46. The summed E-state index contributed by atoms with van der Waals surface area (Å²) in [4.78, 5) is 16.9. The highest BCUT2D eigenvalue weighted by molar-refractivity contribution is 6.33. The molecule has 1 aliphatic carbocycles. The van der Waals surface area contributed by atoms with Gasteiger partial charge in [0.05, 0.1) is 22.5 Å². The van der Waals surface area contributed by atoms with Crippen LogP contribution in [0, 0.1) is 11.3 Å². The van der Waals surface area contributed by atoms with E-state index in [0.29, 0.717) is 5.02 Å². The molecule has 0 aliphatic heterocycles. The van der Waals surface area contributed by atoms with E-state index < -0.39 is 5.41 Å². The van der Waals surface area contributed by atoms with Crippen molar-refractivity contribution in [1.29, 1.82) is 5.26 Å². The molecular formula is C17H12ClN3O. The number of nitrogens with one attached hydrogen (secondary N) is 2. The molecule has 5 heteroatoms. The van der Waals surface area contributed by atoms with Gasteiger partial charge in [0.2, 0.25) is 0 Å². The summed E-state index contributed by atoms with van der Waals surface area (Å²) in [6.07, 6.45) is 1.72. The van der Waals surface area contributed by atoms with E-state index in [4.69, 9.17) is 11.6 Å². The highest BCUT2D eigenvalue weighted by Crippen LogP contribution is 2.52. The average molecular weight is 310 g/mol. The first-order valence-electron chi connectivity index (χ1n) is 7.06. The first-order chi connectivity index (χ1) is 10.6. The van der Waals surface area contributed by atoms with Crippen LogP contribution in [0.3, 0.4) is 0 Å². The number of nitrogens with zero attached hydrogens (tertiary/aromatic N) is 1. The van der Waals surface area contributed by atoms with E-state index >= 15 is 0 Å². The zero-order valence-electron chi connectivity index (χ0n) is 11.6. The number of benzene rings is 2. The van der Waals surface area contributed by atoms with Crippen LogP contribution in [0.5, 0.6) is 0 Å². The Balaban J connectivity index is 1.98. The molecule has 1 fully saturated rings. The van der Waals surface area contributed by atoms with Crippen molar-refractivity contribution in [1.82, 2.24) is 9.97 Å². The van der Waals surface area contributed by atoms with Gasteiger partial charge in [-0.15, -0.1) is 0 Å². The summed E-state index contributed by atoms with van der Waals surface area (Å²) in [5.41, 5.74) is 3.60. The zero-order valence-corrected chi connectivity index (χ0v) is 12.4. The Kier molecular flexibility index (Phi) is 2.69. The lowest BCUT2D eigenvalue weighted by molar-refractivity contribution is 0.911. The van der Waals surface area contributed by atoms with Gasteiger partial charge >= 0.3 is 5.69 Å². The predicted molar refractivity (Wildman–Crippen MR) is 85.9 cm³/mol. The van der Waals surface area contributed by atoms with Gasteiger partial charge in [-0.3, -0.25) is 0 Å². The highest BCUT2D eigenvalue weighted by atomic mass is 35.5. The van der Waals surface area contributed by atoms with Crippen LogP contribution in [0.4, 0.5) is 0 Å². The van der Waals surface area contributed by atoms with Gasteiger partial charge in [0, 0.05) is 10.6 Å². The summed E-state index contributed by atoms with van der Waals surface area (Å²) >= 11 is 6.42. The summed E-state index contributed by atoms with van der Waals surface area (Å²) in [6.45, 7) is 0. The van der Waals surface area contributed by atoms with Gasteiger partial charge in [0.1, 0.15) is 0 Å². The number of nitriles is 1. The van der Waals surface area contributed by atoms with Crippen LogP contribution in [-0.2, 0) is 5.41 Å². The molecule has 0 bridgehead atoms. The van der Waals surface area contributed by atoms with Gasteiger partial charge in [0.15, 0.2) is 0 Å². The van der Waals surface area contributed by atoms with Crippen LogP contribution in [-0.4, -0.2) is 9.97 Å². The molecule has 22 heavy (non-hydrogen) atoms. The zero-order chi connectivity index (χ0) is 15.3. The van der Waals surface area contributed by atoms with E-state index in [9.17, 15) is 10.1 Å². The SMILES string of the molecule is N#CC1(c2cccc(Cl)c2-c2ccc3[nH]c(=O)[nH]c3c2)CC1. The number of hydrogen-bond acceptors (Lipinski definition) is 2. The third-order valence-corrected chi connectivity index (χ3v) is 4.61. The second-order valence-corrected chi connectivity index (χ2v) is 6.10. The van der Waals surface area contributed by atoms with Crippen molar-refractivity contribution >= 4 is 22.6 Å². The minimum absolute atomic E-state index is 0.234. The van der Waals surface area contributed by atoms with Crippen molar-refractivity contribution in [2.24, 2.45) is 0 Å². The number of aromatic nitrogens is 2. The van der Waals surface area contributed by atoms with Crippen LogP contribution in [0.1, 0.15) is 18.4 Å². The molecule has 0 unspecified atom stereocenters. The van der Waals surface area contributed by atoms with Crippen LogP contribution >= 0.6 is 11.6 Å². The Morgan fingerprint density at radius 2 is 1.91 bits per heavy atom. The van der Waals surface area contributed by atoms with Crippen molar-refractivity contribution in [2.75, 3.05) is 0 Å². The van der Waals surface area contributed by atoms with Gasteiger partial charge in [0.25, 0.3) is 0 Å². The van der Waals surface area contributed by atoms with Crippen molar-refractivity contribution in [2.45, 2.75) is 18.3 Å². The molecule has 4 rings (SSSR count). The second kappa shape index (κ2) is 4.49. The monoisotopic (exact) mass is 309 g/mol. The summed E-state index contributed by atoms with van der Waals surface area (Å²) in [5.74, 6) is 0. The van der Waals surface area contributed by atoms with Crippen molar-refractivity contribution in [3.63, 3.8) is 0 Å². The minimum Gasteiger partial charge on any atom is -0.306 e. The van der Waals surface area contributed by atoms with E-state index in [-0.39, 0.29) is 5.69 Å². The molecule has 0 radical (unpaired) electrons. The smallest absolute Gasteiger partial charge is 0.306 e. The molecule has 2 aromatic carbocycles. The maximum atomic E-state index is 11.4. The van der Waals surface area contributed by atoms with Gasteiger partial charge in [-0.2, -0.15) is 5.26 Å². The van der Waals surface area contributed by atoms with Crippen molar-refractivity contribution in [3.8, 4) is 17.2 Å². The van der Waals surface area contributed by atoms with Gasteiger partial charge in [-0.1, -0.05) is 29.8 Å². The molecule has 4 nitrogen and oxygen atoms in total. The first kappa shape index (κ1) is 13.2. The average Bonchev–Trinajstić information content (AvgIpc) is 3.22. The van der Waals surface area contributed by atoms with Crippen molar-refractivity contribution in [3.05, 3.63) is 57.5 Å². The van der Waals surface area contributed by atoms with E-state index in [1.54, 1.807) is 0 Å². The second-order valence-electron chi connectivity index (χ2n) is 5.70. The Hall–Kier alpha value is -2.51. The molecule has 2 N–H and O–H groups in total. The summed E-state index contributed by atoms with van der Waals surface area (Å²) < 4.78 is 0. The lowest BCUT2D eigenvalue weighted by Crippen LogP contribution is -2.05. The summed E-state index contributed by atoms with van der Waals surface area (Å²) in [5, 5.41) is 10.1. The number of aromatic amines is 2. The molecule has 1 saturated carbocycles. The molecule has 1 aromatic heterocycles. The molecule has 0 spiro atoms. The van der Waals surface area contributed by atoms with Gasteiger partial charge in [-0.05, 0) is 42.2 Å². The lowest BCUT2D eigenvalue weighted by atomic mass is 9.89. The topological polar surface area (TPSA) is 72.4 Å². The summed E-state index contributed by atoms with van der Waals surface area (Å²) in [7, 11) is 0. The van der Waals surface area contributed by atoms with Crippen LogP contribution in [0.15, 0.2) is 41.2 Å². The largest absolute Gasteiger partial charge is 0.323 e. The molecule has 3 aromatic rings. The van der Waals surface area contributed by atoms with E-state index in [1.165, 1.54) is 0 Å². The fourth-order valence-corrected chi connectivity index (χ4v) is 3.25. The molecule has 0 atom stereocenters. The lowest BCUT2D eigenvalue weighted by Gasteiger charge is -2.15. The number of H-pyrrole nitrogens is 2. The fraction of sp³-hybridized carbons (Fsp3) is 0.176. The number of hydrogen-bond donors (Lipinski definition) is 2. The van der Waals surface area contributed by atoms with E-state index in [1.807, 2.05) is 36.4 Å². The Labute approximate surface area is 131 Å². The number of rotatable bonds is 2. The number of fused-ring (bicyclic) bond motifs is 1. The van der Waals surface area contributed by atoms with Crippen LogP contribution < -0.4 is 5.69 Å². The minimum atomic E-state index is -0.416. The van der Waals surface area contributed by atoms with E-state index in [0.717, 1.165) is 40.6 Å². The molecule has 108 valence electrons. The molecule has 0 amide bonds. The third-order valence-electron chi connectivity index (χ3n) is 4.30. The van der Waals surface area contributed by atoms with Gasteiger partial charge in [-0.25, -0.2) is 4.79 Å². The maximum Gasteiger partial charge on any atom is 0.323 e. The van der Waals surface area contributed by atoms with Crippen LogP contribution in [0.2, 0.25) is 5.02 Å². The summed E-state index contributed by atoms with van der Waals surface area (Å²) in [6, 6.07) is 13.8. The quantitative estimate of drug-likeness (QED) is 0.757. The first-order valence-corrected chi connectivity index (χ1v) is 7.43. The van der Waals surface area contributed by atoms with Crippen LogP contribution in [0.25, 0.3) is 22.2 Å². The molecule has 1 aliphatic rings. The number of imidazole rings is 1. The standard InChI is InChI=1S/C17H12ClN3O/c18-12-3-1-2-11(17(9-19)6-7-17)15(12)10-4-5-13-14(8-10)21-16(22)20-13/h1-5,8H,6-7H2,(H2,20,21,22). The number of halogens is 1. The Bertz CT molecular complexity index is 989. The predicted octanol–water partition coefficient (Wildman–Crippen LogP) is 3.73.